The van der Waals surface area contributed by atoms with Gasteiger partial charge in [-0.05, 0) is 73.9 Å². The second-order valence-electron chi connectivity index (χ2n) is 10.2. The Kier molecular flexibility index (Phi) is 6.34. The standard InChI is InChI=1S/C28H32N4O3S/c1-19-15-23(25-5-3-4-6-26(25)30-19)12-9-21-10-13-24(14-11-21)36(34,35)31-28(20(2)29)17-32(18-28)27(33)16-22-7-8-22/h3-6,10-11,13-15,22,31H,2,7-9,12,16-18,29H2,1H3. The highest BCUT2D eigenvalue weighted by Crippen LogP contribution is 2.35. The smallest absolute Gasteiger partial charge is 0.241 e. The SMILES string of the molecule is C=C(N)C1(NS(=O)(=O)c2ccc(CCc3cc(C)nc4ccccc34)cc2)CN(C(=O)CC2CC2)C1. The molecule has 0 bridgehead atoms. The van der Waals surface area contributed by atoms with Crippen LogP contribution >= 0.6 is 0 Å². The lowest BCUT2D eigenvalue weighted by Crippen LogP contribution is -2.73. The highest BCUT2D eigenvalue weighted by molar-refractivity contribution is 7.89. The number of para-hydroxylation sites is 1. The van der Waals surface area contributed by atoms with Crippen molar-refractivity contribution >= 4 is 26.8 Å². The van der Waals surface area contributed by atoms with Gasteiger partial charge in [-0.3, -0.25) is 9.78 Å². The summed E-state index contributed by atoms with van der Waals surface area (Å²) in [5.41, 5.74) is 9.43. The molecule has 1 saturated carbocycles. The van der Waals surface area contributed by atoms with Crippen molar-refractivity contribution in [3.8, 4) is 0 Å². The molecule has 0 radical (unpaired) electrons. The maximum absolute atomic E-state index is 13.2. The van der Waals surface area contributed by atoms with E-state index in [0.29, 0.717) is 12.3 Å². The number of nitrogens with two attached hydrogens (primary N) is 1. The van der Waals surface area contributed by atoms with Crippen LogP contribution in [0.1, 0.15) is 36.1 Å². The Labute approximate surface area is 212 Å². The van der Waals surface area contributed by atoms with E-state index in [9.17, 15) is 13.2 Å². The van der Waals surface area contributed by atoms with Gasteiger partial charge in [0.15, 0.2) is 0 Å². The molecule has 188 valence electrons. The maximum atomic E-state index is 13.2. The van der Waals surface area contributed by atoms with E-state index in [-0.39, 0.29) is 29.6 Å². The van der Waals surface area contributed by atoms with Gasteiger partial charge in [-0.15, -0.1) is 0 Å². The van der Waals surface area contributed by atoms with Gasteiger partial charge in [0.05, 0.1) is 10.4 Å². The number of hydrogen-bond acceptors (Lipinski definition) is 5. The van der Waals surface area contributed by atoms with Gasteiger partial charge in [0.25, 0.3) is 0 Å². The predicted octanol–water partition coefficient (Wildman–Crippen LogP) is 3.46. The predicted molar refractivity (Wildman–Crippen MR) is 141 cm³/mol. The van der Waals surface area contributed by atoms with Crippen LogP contribution in [0, 0.1) is 12.8 Å². The summed E-state index contributed by atoms with van der Waals surface area (Å²) in [5.74, 6) is 0.528. The lowest BCUT2D eigenvalue weighted by Gasteiger charge is -2.50. The molecule has 1 aliphatic heterocycles. The molecule has 3 N–H and O–H groups in total. The van der Waals surface area contributed by atoms with Gasteiger partial charge in [0, 0.05) is 36.3 Å². The fourth-order valence-corrected chi connectivity index (χ4v) is 6.23. The molecular weight excluding hydrogens is 472 g/mol. The van der Waals surface area contributed by atoms with E-state index in [1.807, 2.05) is 37.3 Å². The third kappa shape index (κ3) is 5.01. The summed E-state index contributed by atoms with van der Waals surface area (Å²) >= 11 is 0. The minimum atomic E-state index is -3.84. The number of fused-ring (bicyclic) bond motifs is 1. The minimum absolute atomic E-state index is 0.0510. The van der Waals surface area contributed by atoms with Gasteiger partial charge in [0.1, 0.15) is 5.54 Å². The molecule has 1 aliphatic carbocycles. The van der Waals surface area contributed by atoms with Crippen LogP contribution in [0.2, 0.25) is 0 Å². The van der Waals surface area contributed by atoms with Crippen molar-refractivity contribution < 1.29 is 13.2 Å². The van der Waals surface area contributed by atoms with Gasteiger partial charge in [-0.25, -0.2) is 8.42 Å². The largest absolute Gasteiger partial charge is 0.401 e. The number of nitrogens with one attached hydrogen (secondary N) is 1. The van der Waals surface area contributed by atoms with Crippen LogP contribution in [0.5, 0.6) is 0 Å². The molecule has 1 amide bonds. The zero-order chi connectivity index (χ0) is 25.5. The van der Waals surface area contributed by atoms with Gasteiger partial charge in [-0.2, -0.15) is 4.72 Å². The number of carbonyl (C=O) groups excluding carboxylic acids is 1. The van der Waals surface area contributed by atoms with Crippen LogP contribution < -0.4 is 10.5 Å². The highest BCUT2D eigenvalue weighted by atomic mass is 32.2. The summed E-state index contributed by atoms with van der Waals surface area (Å²) in [6.07, 6.45) is 4.32. The van der Waals surface area contributed by atoms with Crippen molar-refractivity contribution in [1.29, 1.82) is 0 Å². The fraction of sp³-hybridized carbons (Fsp3) is 0.357. The maximum Gasteiger partial charge on any atom is 0.241 e. The number of aryl methyl sites for hydroxylation is 3. The number of likely N-dealkylation sites (tertiary alicyclic amines) is 1. The van der Waals surface area contributed by atoms with E-state index in [0.717, 1.165) is 47.8 Å². The minimum Gasteiger partial charge on any atom is -0.401 e. The summed E-state index contributed by atoms with van der Waals surface area (Å²) in [6, 6.07) is 17.2. The van der Waals surface area contributed by atoms with Crippen LogP contribution in [-0.2, 0) is 27.7 Å². The highest BCUT2D eigenvalue weighted by Gasteiger charge is 2.49. The summed E-state index contributed by atoms with van der Waals surface area (Å²) in [5, 5.41) is 1.14. The molecule has 2 aliphatic rings. The Morgan fingerprint density at radius 1 is 1.14 bits per heavy atom. The summed E-state index contributed by atoms with van der Waals surface area (Å²) in [7, 11) is -3.84. The Balaban J connectivity index is 1.25. The van der Waals surface area contributed by atoms with Crippen LogP contribution in [0.15, 0.2) is 71.8 Å². The first-order valence-electron chi connectivity index (χ1n) is 12.4. The molecule has 2 fully saturated rings. The number of rotatable bonds is 9. The summed E-state index contributed by atoms with van der Waals surface area (Å²) in [6.45, 7) is 6.22. The molecular formula is C28H32N4O3S. The second kappa shape index (κ2) is 9.33. The lowest BCUT2D eigenvalue weighted by atomic mass is 9.88. The number of amides is 1. The molecule has 7 nitrogen and oxygen atoms in total. The first-order valence-corrected chi connectivity index (χ1v) is 13.8. The number of benzene rings is 2. The Morgan fingerprint density at radius 3 is 2.50 bits per heavy atom. The Hall–Kier alpha value is -3.23. The van der Waals surface area contributed by atoms with E-state index < -0.39 is 15.6 Å². The van der Waals surface area contributed by atoms with E-state index in [2.05, 4.69) is 28.4 Å². The zero-order valence-electron chi connectivity index (χ0n) is 20.5. The molecule has 2 aromatic carbocycles. The van der Waals surface area contributed by atoms with Gasteiger partial charge in [-0.1, -0.05) is 36.9 Å². The number of aromatic nitrogens is 1. The second-order valence-corrected chi connectivity index (χ2v) is 11.9. The normalized spacial score (nSPS) is 17.1. The van der Waals surface area contributed by atoms with Crippen LogP contribution in [-0.4, -0.2) is 42.8 Å². The molecule has 5 rings (SSSR count). The first kappa shape index (κ1) is 24.5. The average molecular weight is 505 g/mol. The van der Waals surface area contributed by atoms with Crippen molar-refractivity contribution in [2.45, 2.75) is 49.5 Å². The van der Waals surface area contributed by atoms with E-state index in [1.165, 1.54) is 5.56 Å². The van der Waals surface area contributed by atoms with Crippen molar-refractivity contribution in [3.63, 3.8) is 0 Å². The first-order chi connectivity index (χ1) is 17.1. The van der Waals surface area contributed by atoms with Crippen molar-refractivity contribution in [2.75, 3.05) is 13.1 Å². The Bertz CT molecular complexity index is 1420. The average Bonchev–Trinajstić information content (AvgIpc) is 3.63. The van der Waals surface area contributed by atoms with Gasteiger partial charge in [0.2, 0.25) is 15.9 Å². The molecule has 1 aromatic heterocycles. The van der Waals surface area contributed by atoms with Crippen LogP contribution in [0.3, 0.4) is 0 Å². The third-order valence-corrected chi connectivity index (χ3v) is 8.78. The van der Waals surface area contributed by atoms with Crippen molar-refractivity contribution in [3.05, 3.63) is 83.7 Å². The molecule has 3 aromatic rings. The monoisotopic (exact) mass is 504 g/mol. The van der Waals surface area contributed by atoms with E-state index >= 15 is 0 Å². The summed E-state index contributed by atoms with van der Waals surface area (Å²) < 4.78 is 29.1. The number of nitrogens with zero attached hydrogens (tertiary/aromatic N) is 2. The summed E-state index contributed by atoms with van der Waals surface area (Å²) in [4.78, 5) is 18.8. The fourth-order valence-electron chi connectivity index (χ4n) is 4.84. The topological polar surface area (TPSA) is 105 Å². The van der Waals surface area contributed by atoms with E-state index in [4.69, 9.17) is 5.73 Å². The molecule has 0 spiro atoms. The quantitative estimate of drug-likeness (QED) is 0.464. The van der Waals surface area contributed by atoms with Crippen LogP contribution in [0.25, 0.3) is 10.9 Å². The molecule has 0 unspecified atom stereocenters. The van der Waals surface area contributed by atoms with Crippen LogP contribution in [0.4, 0.5) is 0 Å². The van der Waals surface area contributed by atoms with Gasteiger partial charge < -0.3 is 10.6 Å². The zero-order valence-corrected chi connectivity index (χ0v) is 21.4. The molecule has 2 heterocycles. The van der Waals surface area contributed by atoms with Crippen molar-refractivity contribution in [2.24, 2.45) is 11.7 Å². The number of carbonyl (C=O) groups is 1. The lowest BCUT2D eigenvalue weighted by molar-refractivity contribution is -0.138. The molecule has 0 atom stereocenters. The molecule has 1 saturated heterocycles. The number of hydrogen-bond donors (Lipinski definition) is 2. The number of pyridine rings is 1. The Morgan fingerprint density at radius 2 is 1.83 bits per heavy atom. The molecule has 36 heavy (non-hydrogen) atoms. The van der Waals surface area contributed by atoms with Crippen molar-refractivity contribution in [1.82, 2.24) is 14.6 Å². The molecule has 8 heteroatoms. The third-order valence-electron chi connectivity index (χ3n) is 7.23. The van der Waals surface area contributed by atoms with E-state index in [1.54, 1.807) is 17.0 Å². The van der Waals surface area contributed by atoms with Gasteiger partial charge >= 0.3 is 0 Å². The number of sulfonamides is 1.